The molecule has 2 aromatic rings. The van der Waals surface area contributed by atoms with E-state index in [0.29, 0.717) is 0 Å². The lowest BCUT2D eigenvalue weighted by atomic mass is 10.3. The monoisotopic (exact) mass is 328 g/mol. The molecule has 0 aliphatic carbocycles. The molecule has 0 aliphatic heterocycles. The highest BCUT2D eigenvalue weighted by Gasteiger charge is 2.08. The highest BCUT2D eigenvalue weighted by Crippen LogP contribution is 2.20. The molecule has 1 aromatic heterocycles. The predicted molar refractivity (Wildman–Crippen MR) is 73.9 cm³/mol. The zero-order valence-corrected chi connectivity index (χ0v) is 12.1. The number of tetrazole rings is 1. The van der Waals surface area contributed by atoms with Gasteiger partial charge in [0.1, 0.15) is 0 Å². The van der Waals surface area contributed by atoms with Gasteiger partial charge in [-0.1, -0.05) is 27.7 Å². The molecule has 2 rings (SSSR count). The van der Waals surface area contributed by atoms with Gasteiger partial charge in [0.2, 0.25) is 5.16 Å². The second kappa shape index (κ2) is 6.86. The molecule has 0 atom stereocenters. The number of hydrogen-bond donors (Lipinski definition) is 1. The largest absolute Gasteiger partial charge is 0.396 e. The molecule has 0 radical (unpaired) electrons. The molecule has 7 heteroatoms. The molecule has 1 N–H and O–H groups in total. The minimum atomic E-state index is 0.234. The van der Waals surface area contributed by atoms with E-state index in [4.69, 9.17) is 5.11 Å². The van der Waals surface area contributed by atoms with E-state index in [1.54, 1.807) is 16.4 Å². The summed E-state index contributed by atoms with van der Waals surface area (Å²) in [4.78, 5) is 0. The van der Waals surface area contributed by atoms with E-state index >= 15 is 0 Å². The number of halogens is 1. The van der Waals surface area contributed by atoms with Crippen molar-refractivity contribution < 1.29 is 5.11 Å². The first-order valence-corrected chi connectivity index (χ1v) is 7.37. The van der Waals surface area contributed by atoms with Gasteiger partial charge in [-0.2, -0.15) is 4.68 Å². The molecule has 0 unspecified atom stereocenters. The molecule has 96 valence electrons. The van der Waals surface area contributed by atoms with Crippen LogP contribution in [0.1, 0.15) is 12.8 Å². The summed E-state index contributed by atoms with van der Waals surface area (Å²) >= 11 is 4.99. The van der Waals surface area contributed by atoms with E-state index in [1.807, 2.05) is 24.3 Å². The van der Waals surface area contributed by atoms with Crippen molar-refractivity contribution in [3.8, 4) is 5.69 Å². The lowest BCUT2D eigenvalue weighted by Gasteiger charge is -2.03. The smallest absolute Gasteiger partial charge is 0.214 e. The summed E-state index contributed by atoms with van der Waals surface area (Å²) < 4.78 is 2.74. The van der Waals surface area contributed by atoms with Crippen molar-refractivity contribution in [1.82, 2.24) is 20.2 Å². The minimum absolute atomic E-state index is 0.234. The van der Waals surface area contributed by atoms with E-state index in [2.05, 4.69) is 31.5 Å². The fourth-order valence-electron chi connectivity index (χ4n) is 1.39. The maximum absolute atomic E-state index is 8.72. The van der Waals surface area contributed by atoms with Crippen LogP contribution >= 0.6 is 27.7 Å². The third-order valence-electron chi connectivity index (χ3n) is 2.30. The minimum Gasteiger partial charge on any atom is -0.396 e. The zero-order chi connectivity index (χ0) is 12.8. The summed E-state index contributed by atoms with van der Waals surface area (Å²) in [5.41, 5.74) is 0.938. The SMILES string of the molecule is OCCCCSc1nnnn1-c1ccc(Br)cc1. The number of rotatable bonds is 6. The molecule has 0 saturated heterocycles. The van der Waals surface area contributed by atoms with Gasteiger partial charge in [-0.15, -0.1) is 5.10 Å². The van der Waals surface area contributed by atoms with Crippen LogP contribution in [-0.2, 0) is 0 Å². The molecule has 0 saturated carbocycles. The van der Waals surface area contributed by atoms with Crippen LogP contribution in [0.2, 0.25) is 0 Å². The van der Waals surface area contributed by atoms with E-state index < -0.39 is 0 Å². The molecule has 0 spiro atoms. The van der Waals surface area contributed by atoms with Crippen molar-refractivity contribution >= 4 is 27.7 Å². The number of aliphatic hydroxyl groups excluding tert-OH is 1. The molecule has 1 aromatic carbocycles. The topological polar surface area (TPSA) is 63.8 Å². The lowest BCUT2D eigenvalue weighted by Crippen LogP contribution is -1.99. The second-order valence-corrected chi connectivity index (χ2v) is 5.61. The van der Waals surface area contributed by atoms with Gasteiger partial charge in [-0.05, 0) is 47.5 Å². The number of aliphatic hydroxyl groups is 1. The number of benzene rings is 1. The van der Waals surface area contributed by atoms with Crippen molar-refractivity contribution in [3.63, 3.8) is 0 Å². The van der Waals surface area contributed by atoms with Crippen LogP contribution in [0.15, 0.2) is 33.9 Å². The third-order valence-corrected chi connectivity index (χ3v) is 3.83. The Labute approximate surface area is 118 Å². The number of nitrogens with zero attached hydrogens (tertiary/aromatic N) is 4. The Hall–Kier alpha value is -0.920. The van der Waals surface area contributed by atoms with Gasteiger partial charge in [-0.25, -0.2) is 0 Å². The van der Waals surface area contributed by atoms with Crippen LogP contribution in [0.4, 0.5) is 0 Å². The molecule has 0 amide bonds. The van der Waals surface area contributed by atoms with Gasteiger partial charge in [-0.3, -0.25) is 0 Å². The van der Waals surface area contributed by atoms with Crippen LogP contribution in [0.5, 0.6) is 0 Å². The fraction of sp³-hybridized carbons (Fsp3) is 0.364. The average molecular weight is 329 g/mol. The number of unbranched alkanes of at least 4 members (excludes halogenated alkanes) is 1. The second-order valence-electron chi connectivity index (χ2n) is 3.63. The number of aromatic nitrogens is 4. The Bertz CT molecular complexity index is 488. The van der Waals surface area contributed by atoms with Crippen molar-refractivity contribution in [2.45, 2.75) is 18.0 Å². The molecule has 1 heterocycles. The third kappa shape index (κ3) is 3.54. The van der Waals surface area contributed by atoms with Gasteiger partial charge < -0.3 is 5.11 Å². The van der Waals surface area contributed by atoms with Crippen molar-refractivity contribution in [2.75, 3.05) is 12.4 Å². The predicted octanol–water partition coefficient (Wildman–Crippen LogP) is 2.29. The van der Waals surface area contributed by atoms with Gasteiger partial charge in [0.15, 0.2) is 0 Å². The Morgan fingerprint density at radius 2 is 2.00 bits per heavy atom. The van der Waals surface area contributed by atoms with Crippen molar-refractivity contribution in [2.24, 2.45) is 0 Å². The maximum Gasteiger partial charge on any atom is 0.214 e. The Morgan fingerprint density at radius 3 is 2.72 bits per heavy atom. The number of hydrogen-bond acceptors (Lipinski definition) is 5. The van der Waals surface area contributed by atoms with Crippen LogP contribution < -0.4 is 0 Å². The van der Waals surface area contributed by atoms with Crippen LogP contribution in [0.3, 0.4) is 0 Å². The zero-order valence-electron chi connectivity index (χ0n) is 9.66. The first-order valence-electron chi connectivity index (χ1n) is 5.59. The van der Waals surface area contributed by atoms with Gasteiger partial charge in [0, 0.05) is 16.8 Å². The van der Waals surface area contributed by atoms with E-state index in [-0.39, 0.29) is 6.61 Å². The summed E-state index contributed by atoms with van der Waals surface area (Å²) in [7, 11) is 0. The summed E-state index contributed by atoms with van der Waals surface area (Å²) in [5.74, 6) is 0.900. The summed E-state index contributed by atoms with van der Waals surface area (Å²) in [5, 5.41) is 21.2. The van der Waals surface area contributed by atoms with Crippen LogP contribution in [0.25, 0.3) is 5.69 Å². The molecule has 18 heavy (non-hydrogen) atoms. The lowest BCUT2D eigenvalue weighted by molar-refractivity contribution is 0.287. The molecule has 0 aliphatic rings. The van der Waals surface area contributed by atoms with Crippen LogP contribution in [-0.4, -0.2) is 37.7 Å². The van der Waals surface area contributed by atoms with E-state index in [1.165, 1.54) is 0 Å². The Balaban J connectivity index is 2.05. The molecular weight excluding hydrogens is 316 g/mol. The van der Waals surface area contributed by atoms with Crippen LogP contribution in [0, 0.1) is 0 Å². The van der Waals surface area contributed by atoms with Gasteiger partial charge >= 0.3 is 0 Å². The molecule has 0 bridgehead atoms. The quantitative estimate of drug-likeness (QED) is 0.651. The summed E-state index contributed by atoms with van der Waals surface area (Å²) in [6.07, 6.45) is 1.77. The van der Waals surface area contributed by atoms with Crippen molar-refractivity contribution in [1.29, 1.82) is 0 Å². The number of thioether (sulfide) groups is 1. The maximum atomic E-state index is 8.72. The first-order chi connectivity index (χ1) is 8.81. The van der Waals surface area contributed by atoms with Gasteiger partial charge in [0.05, 0.1) is 5.69 Å². The average Bonchev–Trinajstić information content (AvgIpc) is 2.84. The molecular formula is C11H13BrN4OS. The standard InChI is InChI=1S/C11H13BrN4OS/c12-9-3-5-10(6-4-9)16-11(13-14-15-16)18-8-2-1-7-17/h3-6,17H,1-2,7-8H2. The van der Waals surface area contributed by atoms with Gasteiger partial charge in [0.25, 0.3) is 0 Å². The molecule has 5 nitrogen and oxygen atoms in total. The highest BCUT2D eigenvalue weighted by molar-refractivity contribution is 9.10. The summed E-state index contributed by atoms with van der Waals surface area (Å²) in [6, 6.07) is 7.82. The molecule has 0 fully saturated rings. The first kappa shape index (κ1) is 13.5. The van der Waals surface area contributed by atoms with Crippen molar-refractivity contribution in [3.05, 3.63) is 28.7 Å². The van der Waals surface area contributed by atoms with E-state index in [0.717, 1.165) is 33.9 Å². The fourth-order valence-corrected chi connectivity index (χ4v) is 2.54. The summed E-state index contributed by atoms with van der Waals surface area (Å²) in [6.45, 7) is 0.234. The van der Waals surface area contributed by atoms with E-state index in [9.17, 15) is 0 Å². The normalized spacial score (nSPS) is 10.8. The Kier molecular flexibility index (Phi) is 5.15. The Morgan fingerprint density at radius 1 is 1.22 bits per heavy atom. The highest BCUT2D eigenvalue weighted by atomic mass is 79.9.